The third-order valence-corrected chi connectivity index (χ3v) is 6.56. The van der Waals surface area contributed by atoms with E-state index in [0.717, 1.165) is 28.1 Å². The van der Waals surface area contributed by atoms with E-state index in [4.69, 9.17) is 11.6 Å². The van der Waals surface area contributed by atoms with Crippen LogP contribution < -0.4 is 0 Å². The van der Waals surface area contributed by atoms with E-state index in [-0.39, 0.29) is 5.92 Å². The highest BCUT2D eigenvalue weighted by molar-refractivity contribution is 9.10. The smallest absolute Gasteiger partial charge is 0.175 e. The summed E-state index contributed by atoms with van der Waals surface area (Å²) in [6.45, 7) is 2.24. The number of rotatable bonds is 5. The zero-order valence-electron chi connectivity index (χ0n) is 11.3. The van der Waals surface area contributed by atoms with Crippen molar-refractivity contribution in [2.75, 3.05) is 0 Å². The number of halogens is 2. The van der Waals surface area contributed by atoms with Crippen LogP contribution in [-0.2, 0) is 0 Å². The van der Waals surface area contributed by atoms with Crippen molar-refractivity contribution < 1.29 is 4.79 Å². The molecule has 4 heteroatoms. The van der Waals surface area contributed by atoms with Crippen LogP contribution in [0, 0.1) is 11.8 Å². The maximum Gasteiger partial charge on any atom is 0.175 e. The second-order valence-electron chi connectivity index (χ2n) is 5.46. The second-order valence-corrected chi connectivity index (χ2v) is 7.97. The van der Waals surface area contributed by atoms with E-state index >= 15 is 0 Å². The molecule has 1 nitrogen and oxygen atoms in total. The topological polar surface area (TPSA) is 17.1 Å². The predicted molar refractivity (Wildman–Crippen MR) is 86.3 cm³/mol. The average molecular weight is 364 g/mol. The summed E-state index contributed by atoms with van der Waals surface area (Å²) >= 11 is 10.8. The molecule has 2 rings (SSSR count). The molecule has 106 valence electrons. The lowest BCUT2D eigenvalue weighted by Gasteiger charge is -2.27. The first-order valence-electron chi connectivity index (χ1n) is 7.10. The van der Waals surface area contributed by atoms with Gasteiger partial charge in [-0.15, -0.1) is 11.3 Å². The highest BCUT2D eigenvalue weighted by Gasteiger charge is 2.27. The first-order chi connectivity index (χ1) is 9.11. The Morgan fingerprint density at radius 1 is 1.42 bits per heavy atom. The molecule has 1 aromatic heterocycles. The van der Waals surface area contributed by atoms with Gasteiger partial charge in [-0.05, 0) is 53.6 Å². The molecule has 0 spiro atoms. The molecule has 1 heterocycles. The molecule has 0 amide bonds. The van der Waals surface area contributed by atoms with Crippen molar-refractivity contribution in [2.24, 2.45) is 11.8 Å². The van der Waals surface area contributed by atoms with Gasteiger partial charge in [0.1, 0.15) is 4.34 Å². The number of carbonyl (C=O) groups is 1. The second kappa shape index (κ2) is 7.24. The summed E-state index contributed by atoms with van der Waals surface area (Å²) in [7, 11) is 0. The minimum Gasteiger partial charge on any atom is -0.293 e. The third kappa shape index (κ3) is 4.05. The molecule has 0 saturated heterocycles. The average Bonchev–Trinajstić information content (AvgIpc) is 2.76. The molecule has 1 aliphatic carbocycles. The minimum absolute atomic E-state index is 0.222. The Morgan fingerprint density at radius 3 is 2.63 bits per heavy atom. The van der Waals surface area contributed by atoms with E-state index in [1.54, 1.807) is 0 Å². The summed E-state index contributed by atoms with van der Waals surface area (Å²) in [5.41, 5.74) is 0. The maximum absolute atomic E-state index is 12.4. The highest BCUT2D eigenvalue weighted by Crippen LogP contribution is 2.37. The van der Waals surface area contributed by atoms with Crippen molar-refractivity contribution in [1.29, 1.82) is 0 Å². The molecule has 0 bridgehead atoms. The zero-order valence-corrected chi connectivity index (χ0v) is 14.4. The van der Waals surface area contributed by atoms with E-state index in [2.05, 4.69) is 22.9 Å². The number of ketones is 1. The molecule has 1 aliphatic rings. The first-order valence-corrected chi connectivity index (χ1v) is 9.09. The lowest BCUT2D eigenvalue weighted by Crippen LogP contribution is -2.21. The van der Waals surface area contributed by atoms with Gasteiger partial charge in [0.15, 0.2) is 5.78 Å². The van der Waals surface area contributed by atoms with Gasteiger partial charge in [0.05, 0.1) is 4.88 Å². The van der Waals surface area contributed by atoms with E-state index < -0.39 is 0 Å². The molecule has 0 aromatic carbocycles. The lowest BCUT2D eigenvalue weighted by molar-refractivity contribution is 0.0873. The Balaban J connectivity index is 1.89. The van der Waals surface area contributed by atoms with Gasteiger partial charge in [-0.2, -0.15) is 0 Å². The fourth-order valence-electron chi connectivity index (χ4n) is 2.88. The van der Waals surface area contributed by atoms with Crippen LogP contribution in [0.25, 0.3) is 0 Å². The Morgan fingerprint density at radius 2 is 2.11 bits per heavy atom. The van der Waals surface area contributed by atoms with Gasteiger partial charge in [-0.25, -0.2) is 0 Å². The summed E-state index contributed by atoms with van der Waals surface area (Å²) < 4.78 is 1.53. The minimum atomic E-state index is 0.222. The van der Waals surface area contributed by atoms with E-state index in [9.17, 15) is 4.79 Å². The van der Waals surface area contributed by atoms with Crippen molar-refractivity contribution in [2.45, 2.75) is 51.9 Å². The lowest BCUT2D eigenvalue weighted by atomic mass is 9.78. The Hall–Kier alpha value is 0.140. The largest absolute Gasteiger partial charge is 0.293 e. The predicted octanol–water partition coefficient (Wildman–Crippen LogP) is 6.34. The normalized spacial score (nSPS) is 23.5. The summed E-state index contributed by atoms with van der Waals surface area (Å²) in [5, 5.41) is 0. The van der Waals surface area contributed by atoms with E-state index in [0.29, 0.717) is 10.1 Å². The summed E-state index contributed by atoms with van der Waals surface area (Å²) in [6.07, 6.45) is 8.50. The van der Waals surface area contributed by atoms with Crippen LogP contribution in [0.2, 0.25) is 4.34 Å². The van der Waals surface area contributed by atoms with Gasteiger partial charge in [0.2, 0.25) is 0 Å². The third-order valence-electron chi connectivity index (χ3n) is 4.07. The number of carbonyl (C=O) groups excluding carboxylic acids is 1. The molecule has 1 aromatic rings. The molecule has 1 fully saturated rings. The van der Waals surface area contributed by atoms with Gasteiger partial charge in [0, 0.05) is 10.4 Å². The monoisotopic (exact) mass is 362 g/mol. The zero-order chi connectivity index (χ0) is 13.8. The summed E-state index contributed by atoms with van der Waals surface area (Å²) in [5.74, 6) is 1.37. The van der Waals surface area contributed by atoms with Crippen LogP contribution in [-0.4, -0.2) is 5.78 Å². The quantitative estimate of drug-likeness (QED) is 0.557. The van der Waals surface area contributed by atoms with Crippen LogP contribution in [0.1, 0.15) is 61.5 Å². The highest BCUT2D eigenvalue weighted by atomic mass is 79.9. The van der Waals surface area contributed by atoms with Crippen molar-refractivity contribution in [1.82, 2.24) is 0 Å². The van der Waals surface area contributed by atoms with E-state index in [1.807, 2.05) is 6.07 Å². The standard InChI is InChI=1S/C15H20BrClOS/c1-2-3-4-10-5-7-11(8-6-10)14(18)13-9-12(16)15(17)19-13/h9-11H,2-8H2,1H3. The molecule has 0 unspecified atom stereocenters. The van der Waals surface area contributed by atoms with Crippen LogP contribution in [0.5, 0.6) is 0 Å². The fraction of sp³-hybridized carbons (Fsp3) is 0.667. The number of unbranched alkanes of at least 4 members (excludes halogenated alkanes) is 1. The maximum atomic E-state index is 12.4. The Bertz CT molecular complexity index is 416. The van der Waals surface area contributed by atoms with Crippen molar-refractivity contribution in [3.8, 4) is 0 Å². The number of hydrogen-bond donors (Lipinski definition) is 0. The molecule has 0 radical (unpaired) electrons. The van der Waals surface area contributed by atoms with Crippen molar-refractivity contribution in [3.05, 3.63) is 19.8 Å². The Labute approximate surface area is 132 Å². The first kappa shape index (κ1) is 15.5. The number of hydrogen-bond acceptors (Lipinski definition) is 2. The van der Waals surface area contributed by atoms with Crippen LogP contribution in [0.4, 0.5) is 0 Å². The van der Waals surface area contributed by atoms with Gasteiger partial charge < -0.3 is 0 Å². The number of thiophene rings is 1. The molecular formula is C15H20BrClOS. The molecule has 19 heavy (non-hydrogen) atoms. The van der Waals surface area contributed by atoms with Gasteiger partial charge >= 0.3 is 0 Å². The molecule has 1 saturated carbocycles. The fourth-order valence-corrected chi connectivity index (χ4v) is 4.60. The number of Topliss-reactive ketones (excluding diaryl/α,β-unsaturated/α-hetero) is 1. The molecular weight excluding hydrogens is 344 g/mol. The van der Waals surface area contributed by atoms with Gasteiger partial charge in [-0.1, -0.05) is 37.8 Å². The molecule has 0 N–H and O–H groups in total. The van der Waals surface area contributed by atoms with E-state index in [1.165, 1.54) is 43.4 Å². The van der Waals surface area contributed by atoms with Crippen molar-refractivity contribution in [3.63, 3.8) is 0 Å². The van der Waals surface area contributed by atoms with Crippen LogP contribution in [0.3, 0.4) is 0 Å². The van der Waals surface area contributed by atoms with Crippen LogP contribution >= 0.6 is 38.9 Å². The van der Waals surface area contributed by atoms with Crippen LogP contribution in [0.15, 0.2) is 10.5 Å². The Kier molecular flexibility index (Phi) is 5.91. The van der Waals surface area contributed by atoms with Gasteiger partial charge in [-0.3, -0.25) is 4.79 Å². The molecule has 0 aliphatic heterocycles. The molecule has 0 atom stereocenters. The summed E-state index contributed by atoms with van der Waals surface area (Å²) in [4.78, 5) is 13.2. The summed E-state index contributed by atoms with van der Waals surface area (Å²) in [6, 6.07) is 1.87. The van der Waals surface area contributed by atoms with Crippen molar-refractivity contribution >= 4 is 44.7 Å². The van der Waals surface area contributed by atoms with Gasteiger partial charge in [0.25, 0.3) is 0 Å². The SMILES string of the molecule is CCCCC1CCC(C(=O)c2cc(Br)c(Cl)s2)CC1.